The third-order valence-corrected chi connectivity index (χ3v) is 6.63. The normalized spacial score (nSPS) is 16.1. The van der Waals surface area contributed by atoms with Crippen LogP contribution in [-0.2, 0) is 14.3 Å². The van der Waals surface area contributed by atoms with Crippen molar-refractivity contribution in [1.29, 1.82) is 0 Å². The van der Waals surface area contributed by atoms with Gasteiger partial charge < -0.3 is 20.5 Å². The molecule has 1 saturated carbocycles. The Balaban J connectivity index is 1.32. The predicted octanol–water partition coefficient (Wildman–Crippen LogP) is 4.45. The highest BCUT2D eigenvalue weighted by Gasteiger charge is 2.31. The summed E-state index contributed by atoms with van der Waals surface area (Å²) in [5.41, 5.74) is 4.59. The standard InChI is InChI=1S/C27H32N2O5/c1-2-7-18(15-25(30)29-24(26(31)32)14-17-12-13-17)28-27(33)34-16-23-21-10-5-3-8-19(21)20-9-4-6-11-22(20)23/h3-6,8-11,17-18,23-24H,2,7,12-16H2,1H3,(H,28,33)(H,29,30)(H,31,32). The number of fused-ring (bicyclic) bond motifs is 3. The molecule has 2 aliphatic carbocycles. The van der Waals surface area contributed by atoms with E-state index in [0.29, 0.717) is 18.8 Å². The Labute approximate surface area is 199 Å². The van der Waals surface area contributed by atoms with E-state index in [1.165, 1.54) is 0 Å². The van der Waals surface area contributed by atoms with Crippen molar-refractivity contribution >= 4 is 18.0 Å². The number of ether oxygens (including phenoxy) is 1. The maximum absolute atomic E-state index is 12.6. The second-order valence-corrected chi connectivity index (χ2v) is 9.30. The fourth-order valence-electron chi connectivity index (χ4n) is 4.77. The van der Waals surface area contributed by atoms with Gasteiger partial charge in [0.1, 0.15) is 12.6 Å². The molecular formula is C27H32N2O5. The number of carboxylic acids is 1. The molecule has 0 radical (unpaired) electrons. The Hall–Kier alpha value is -3.35. The number of rotatable bonds is 11. The van der Waals surface area contributed by atoms with Gasteiger partial charge in [0.05, 0.1) is 0 Å². The van der Waals surface area contributed by atoms with Crippen molar-refractivity contribution in [2.24, 2.45) is 5.92 Å². The first-order valence-electron chi connectivity index (χ1n) is 12.1. The number of carbonyl (C=O) groups is 3. The third kappa shape index (κ3) is 5.76. The van der Waals surface area contributed by atoms with Crippen molar-refractivity contribution in [1.82, 2.24) is 10.6 Å². The maximum Gasteiger partial charge on any atom is 0.407 e. The van der Waals surface area contributed by atoms with Gasteiger partial charge in [-0.05, 0) is 41.0 Å². The summed E-state index contributed by atoms with van der Waals surface area (Å²) in [6.07, 6.45) is 3.31. The number of hydrogen-bond donors (Lipinski definition) is 3. The molecule has 34 heavy (non-hydrogen) atoms. The highest BCUT2D eigenvalue weighted by Crippen LogP contribution is 2.44. The summed E-state index contributed by atoms with van der Waals surface area (Å²) in [6, 6.07) is 15.0. The molecule has 2 aliphatic rings. The van der Waals surface area contributed by atoms with Gasteiger partial charge >= 0.3 is 12.1 Å². The second-order valence-electron chi connectivity index (χ2n) is 9.30. The first kappa shape index (κ1) is 23.8. The first-order valence-corrected chi connectivity index (χ1v) is 12.1. The van der Waals surface area contributed by atoms with Crippen LogP contribution >= 0.6 is 0 Å². The molecular weight excluding hydrogens is 432 g/mol. The topological polar surface area (TPSA) is 105 Å². The van der Waals surface area contributed by atoms with Gasteiger partial charge in [0.15, 0.2) is 0 Å². The maximum atomic E-state index is 12.6. The van der Waals surface area contributed by atoms with Gasteiger partial charge in [-0.3, -0.25) is 4.79 Å². The molecule has 1 fully saturated rings. The molecule has 2 aromatic rings. The van der Waals surface area contributed by atoms with Crippen molar-refractivity contribution in [2.45, 2.75) is 63.5 Å². The molecule has 0 spiro atoms. The smallest absolute Gasteiger partial charge is 0.407 e. The largest absolute Gasteiger partial charge is 0.480 e. The Morgan fingerprint density at radius 2 is 1.62 bits per heavy atom. The van der Waals surface area contributed by atoms with Crippen LogP contribution in [0, 0.1) is 5.92 Å². The van der Waals surface area contributed by atoms with E-state index in [2.05, 4.69) is 34.9 Å². The van der Waals surface area contributed by atoms with Crippen molar-refractivity contribution in [3.63, 3.8) is 0 Å². The lowest BCUT2D eigenvalue weighted by Gasteiger charge is -2.21. The Morgan fingerprint density at radius 3 is 2.18 bits per heavy atom. The molecule has 7 heteroatoms. The minimum atomic E-state index is -1.02. The lowest BCUT2D eigenvalue weighted by Crippen LogP contribution is -2.45. The van der Waals surface area contributed by atoms with Gasteiger partial charge in [0.25, 0.3) is 0 Å². The Bertz CT molecular complexity index is 1000. The molecule has 180 valence electrons. The average molecular weight is 465 g/mol. The third-order valence-electron chi connectivity index (χ3n) is 6.63. The van der Waals surface area contributed by atoms with E-state index in [-0.39, 0.29) is 24.9 Å². The number of benzene rings is 2. The SMILES string of the molecule is CCCC(CC(=O)NC(CC1CC1)C(=O)O)NC(=O)OCC1c2ccccc2-c2ccccc21. The summed E-state index contributed by atoms with van der Waals surface area (Å²) >= 11 is 0. The number of hydrogen-bond acceptors (Lipinski definition) is 4. The van der Waals surface area contributed by atoms with E-state index in [9.17, 15) is 19.5 Å². The molecule has 3 N–H and O–H groups in total. The van der Waals surface area contributed by atoms with Gasteiger partial charge in [0, 0.05) is 18.4 Å². The van der Waals surface area contributed by atoms with Gasteiger partial charge in [0.2, 0.25) is 5.91 Å². The first-order chi connectivity index (χ1) is 16.5. The minimum Gasteiger partial charge on any atom is -0.480 e. The fraction of sp³-hybridized carbons (Fsp3) is 0.444. The van der Waals surface area contributed by atoms with Crippen LogP contribution in [0.4, 0.5) is 4.79 Å². The van der Waals surface area contributed by atoms with Crippen LogP contribution in [0.1, 0.15) is 62.5 Å². The molecule has 2 unspecified atom stereocenters. The number of alkyl carbamates (subject to hydrolysis) is 1. The molecule has 2 amide bonds. The Kier molecular flexibility index (Phi) is 7.50. The monoisotopic (exact) mass is 464 g/mol. The molecule has 0 bridgehead atoms. The van der Waals surface area contributed by atoms with Crippen molar-refractivity contribution in [3.8, 4) is 11.1 Å². The lowest BCUT2D eigenvalue weighted by molar-refractivity contribution is -0.142. The molecule has 0 heterocycles. The zero-order chi connectivity index (χ0) is 24.1. The van der Waals surface area contributed by atoms with Crippen LogP contribution in [0.5, 0.6) is 0 Å². The number of amides is 2. The van der Waals surface area contributed by atoms with Crippen molar-refractivity contribution < 1.29 is 24.2 Å². The molecule has 2 atom stereocenters. The molecule has 0 saturated heterocycles. The van der Waals surface area contributed by atoms with Crippen molar-refractivity contribution in [3.05, 3.63) is 59.7 Å². The van der Waals surface area contributed by atoms with E-state index < -0.39 is 24.1 Å². The van der Waals surface area contributed by atoms with Crippen LogP contribution in [0.2, 0.25) is 0 Å². The van der Waals surface area contributed by atoms with Crippen LogP contribution < -0.4 is 10.6 Å². The van der Waals surface area contributed by atoms with E-state index >= 15 is 0 Å². The van der Waals surface area contributed by atoms with Gasteiger partial charge in [-0.15, -0.1) is 0 Å². The summed E-state index contributed by atoms with van der Waals surface area (Å²) < 4.78 is 5.60. The lowest BCUT2D eigenvalue weighted by atomic mass is 9.98. The van der Waals surface area contributed by atoms with Crippen LogP contribution in [0.15, 0.2) is 48.5 Å². The number of carboxylic acid groups (broad SMARTS) is 1. The van der Waals surface area contributed by atoms with Crippen LogP contribution in [-0.4, -0.2) is 41.8 Å². The summed E-state index contributed by atoms with van der Waals surface area (Å²) in [5.74, 6) is -1.04. The minimum absolute atomic E-state index is 0.0203. The summed E-state index contributed by atoms with van der Waals surface area (Å²) in [4.78, 5) is 36.6. The summed E-state index contributed by atoms with van der Waals surface area (Å²) in [7, 11) is 0. The molecule has 2 aromatic carbocycles. The average Bonchev–Trinajstić information content (AvgIpc) is 3.58. The molecule has 4 rings (SSSR count). The summed E-state index contributed by atoms with van der Waals surface area (Å²) in [5, 5.41) is 14.8. The van der Waals surface area contributed by atoms with Crippen LogP contribution in [0.3, 0.4) is 0 Å². The van der Waals surface area contributed by atoms with E-state index in [1.54, 1.807) is 0 Å². The number of aliphatic carboxylic acids is 1. The zero-order valence-electron chi connectivity index (χ0n) is 19.5. The van der Waals surface area contributed by atoms with Crippen molar-refractivity contribution in [2.75, 3.05) is 6.61 Å². The van der Waals surface area contributed by atoms with Gasteiger partial charge in [-0.25, -0.2) is 9.59 Å². The molecule has 0 aromatic heterocycles. The highest BCUT2D eigenvalue weighted by molar-refractivity contribution is 5.84. The Morgan fingerprint density at radius 1 is 1.00 bits per heavy atom. The predicted molar refractivity (Wildman–Crippen MR) is 128 cm³/mol. The number of nitrogens with one attached hydrogen (secondary N) is 2. The second kappa shape index (κ2) is 10.7. The van der Waals surface area contributed by atoms with Gasteiger partial charge in [-0.2, -0.15) is 0 Å². The van der Waals surface area contributed by atoms with Gasteiger partial charge in [-0.1, -0.05) is 74.7 Å². The summed E-state index contributed by atoms with van der Waals surface area (Å²) in [6.45, 7) is 2.17. The number of carbonyl (C=O) groups excluding carboxylic acids is 2. The fourth-order valence-corrected chi connectivity index (χ4v) is 4.77. The zero-order valence-corrected chi connectivity index (χ0v) is 19.5. The van der Waals surface area contributed by atoms with E-state index in [0.717, 1.165) is 41.5 Å². The molecule has 0 aliphatic heterocycles. The quantitative estimate of drug-likeness (QED) is 0.456. The molecule has 7 nitrogen and oxygen atoms in total. The van der Waals surface area contributed by atoms with E-state index in [4.69, 9.17) is 4.74 Å². The van der Waals surface area contributed by atoms with Crippen LogP contribution in [0.25, 0.3) is 11.1 Å². The van der Waals surface area contributed by atoms with E-state index in [1.807, 2.05) is 31.2 Å². The highest BCUT2D eigenvalue weighted by atomic mass is 16.5.